The standard InChI is InChI=1S/C9H14O2/c1-9(2)7(10)5-6-3-4-8(9)11-6/h3-4,6-8,10H,5H2,1-2H3/t6-,7+,8+/m0/s1. The first-order valence-electron chi connectivity index (χ1n) is 4.12. The number of aliphatic hydroxyl groups is 1. The van der Waals surface area contributed by atoms with E-state index < -0.39 is 0 Å². The van der Waals surface area contributed by atoms with Gasteiger partial charge in [0.2, 0.25) is 0 Å². The summed E-state index contributed by atoms with van der Waals surface area (Å²) in [7, 11) is 0. The molecule has 2 aliphatic heterocycles. The third-order valence-electron chi connectivity index (χ3n) is 2.87. The molecule has 2 heteroatoms. The largest absolute Gasteiger partial charge is 0.392 e. The molecule has 0 radical (unpaired) electrons. The van der Waals surface area contributed by atoms with Crippen molar-refractivity contribution in [3.8, 4) is 0 Å². The number of fused-ring (bicyclic) bond motifs is 2. The first-order chi connectivity index (χ1) is 5.10. The zero-order chi connectivity index (χ0) is 8.06. The zero-order valence-corrected chi connectivity index (χ0v) is 6.95. The lowest BCUT2D eigenvalue weighted by Gasteiger charge is -2.40. The molecule has 2 heterocycles. The molecular formula is C9H14O2. The van der Waals surface area contributed by atoms with Gasteiger partial charge in [-0.25, -0.2) is 0 Å². The van der Waals surface area contributed by atoms with E-state index in [0.29, 0.717) is 0 Å². The van der Waals surface area contributed by atoms with E-state index in [1.54, 1.807) is 0 Å². The highest BCUT2D eigenvalue weighted by atomic mass is 16.5. The van der Waals surface area contributed by atoms with Gasteiger partial charge < -0.3 is 9.84 Å². The quantitative estimate of drug-likeness (QED) is 0.529. The second-order valence-electron chi connectivity index (χ2n) is 4.05. The second kappa shape index (κ2) is 2.08. The normalized spacial score (nSPS) is 46.3. The van der Waals surface area contributed by atoms with E-state index in [4.69, 9.17) is 4.74 Å². The second-order valence-corrected chi connectivity index (χ2v) is 4.05. The van der Waals surface area contributed by atoms with Gasteiger partial charge in [0.05, 0.1) is 18.3 Å². The van der Waals surface area contributed by atoms with Gasteiger partial charge in [-0.1, -0.05) is 26.0 Å². The Morgan fingerprint density at radius 2 is 2.18 bits per heavy atom. The molecule has 2 nitrogen and oxygen atoms in total. The zero-order valence-electron chi connectivity index (χ0n) is 6.95. The molecule has 3 atom stereocenters. The molecule has 0 aromatic heterocycles. The van der Waals surface area contributed by atoms with Crippen molar-refractivity contribution >= 4 is 0 Å². The number of aliphatic hydroxyl groups excluding tert-OH is 1. The van der Waals surface area contributed by atoms with E-state index in [-0.39, 0.29) is 23.7 Å². The lowest BCUT2D eigenvalue weighted by Crippen LogP contribution is -2.46. The SMILES string of the molecule is CC1(C)[C@H](O)C[C@@H]2C=C[C@H]1O2. The van der Waals surface area contributed by atoms with Crippen molar-refractivity contribution in [3.05, 3.63) is 12.2 Å². The van der Waals surface area contributed by atoms with Crippen molar-refractivity contribution in [2.45, 2.75) is 38.6 Å². The monoisotopic (exact) mass is 154 g/mol. The molecule has 0 amide bonds. The minimum absolute atomic E-state index is 0.108. The van der Waals surface area contributed by atoms with Gasteiger partial charge in [0.25, 0.3) is 0 Å². The highest BCUT2D eigenvalue weighted by Gasteiger charge is 2.44. The molecule has 0 aliphatic carbocycles. The average Bonchev–Trinajstić information content (AvgIpc) is 2.31. The van der Waals surface area contributed by atoms with Crippen LogP contribution >= 0.6 is 0 Å². The summed E-state index contributed by atoms with van der Waals surface area (Å²) >= 11 is 0. The summed E-state index contributed by atoms with van der Waals surface area (Å²) in [5.74, 6) is 0. The first kappa shape index (κ1) is 7.32. The van der Waals surface area contributed by atoms with Gasteiger partial charge in [-0.15, -0.1) is 0 Å². The molecule has 2 bridgehead atoms. The van der Waals surface area contributed by atoms with Gasteiger partial charge in [0, 0.05) is 11.8 Å². The van der Waals surface area contributed by atoms with Crippen LogP contribution in [0.5, 0.6) is 0 Å². The molecular weight excluding hydrogens is 140 g/mol. The molecule has 62 valence electrons. The molecule has 1 saturated heterocycles. The van der Waals surface area contributed by atoms with Crippen LogP contribution in [0.1, 0.15) is 20.3 Å². The Labute approximate surface area is 66.9 Å². The Balaban J connectivity index is 2.26. The maximum Gasteiger partial charge on any atom is 0.0840 e. The number of hydrogen-bond donors (Lipinski definition) is 1. The van der Waals surface area contributed by atoms with Crippen molar-refractivity contribution in [3.63, 3.8) is 0 Å². The molecule has 0 aromatic carbocycles. The minimum Gasteiger partial charge on any atom is -0.392 e. The van der Waals surface area contributed by atoms with E-state index in [0.717, 1.165) is 6.42 Å². The van der Waals surface area contributed by atoms with Crippen molar-refractivity contribution < 1.29 is 9.84 Å². The van der Waals surface area contributed by atoms with Crippen molar-refractivity contribution in [1.82, 2.24) is 0 Å². The lowest BCUT2D eigenvalue weighted by atomic mass is 9.78. The molecule has 1 N–H and O–H groups in total. The first-order valence-corrected chi connectivity index (χ1v) is 4.12. The summed E-state index contributed by atoms with van der Waals surface area (Å²) in [5.41, 5.74) is -0.108. The van der Waals surface area contributed by atoms with Gasteiger partial charge in [-0.05, 0) is 0 Å². The summed E-state index contributed by atoms with van der Waals surface area (Å²) < 4.78 is 5.61. The Morgan fingerprint density at radius 1 is 1.45 bits per heavy atom. The van der Waals surface area contributed by atoms with E-state index in [1.807, 2.05) is 13.8 Å². The van der Waals surface area contributed by atoms with Crippen molar-refractivity contribution in [1.29, 1.82) is 0 Å². The van der Waals surface area contributed by atoms with Gasteiger partial charge in [-0.3, -0.25) is 0 Å². The average molecular weight is 154 g/mol. The third kappa shape index (κ3) is 0.932. The number of ether oxygens (including phenoxy) is 1. The third-order valence-corrected chi connectivity index (χ3v) is 2.87. The Hall–Kier alpha value is -0.340. The van der Waals surface area contributed by atoms with E-state index >= 15 is 0 Å². The van der Waals surface area contributed by atoms with Crippen molar-refractivity contribution in [2.75, 3.05) is 0 Å². The molecule has 0 saturated carbocycles. The van der Waals surface area contributed by atoms with Crippen LogP contribution in [-0.4, -0.2) is 23.4 Å². The minimum atomic E-state index is -0.221. The maximum atomic E-state index is 9.70. The summed E-state index contributed by atoms with van der Waals surface area (Å²) in [5, 5.41) is 9.70. The highest BCUT2D eigenvalue weighted by molar-refractivity contribution is 5.13. The van der Waals surface area contributed by atoms with Gasteiger partial charge >= 0.3 is 0 Å². The summed E-state index contributed by atoms with van der Waals surface area (Å²) in [4.78, 5) is 0. The summed E-state index contributed by atoms with van der Waals surface area (Å²) in [6, 6.07) is 0. The Bertz CT molecular complexity index is 196. The van der Waals surface area contributed by atoms with E-state index in [9.17, 15) is 5.11 Å². The molecule has 2 rings (SSSR count). The van der Waals surface area contributed by atoms with Crippen LogP contribution in [-0.2, 0) is 4.74 Å². The predicted molar refractivity (Wildman–Crippen MR) is 42.2 cm³/mol. The molecule has 0 unspecified atom stereocenters. The summed E-state index contributed by atoms with van der Waals surface area (Å²) in [6.45, 7) is 4.10. The summed E-state index contributed by atoms with van der Waals surface area (Å²) in [6.07, 6.45) is 4.95. The highest BCUT2D eigenvalue weighted by Crippen LogP contribution is 2.40. The smallest absolute Gasteiger partial charge is 0.0840 e. The number of hydrogen-bond acceptors (Lipinski definition) is 2. The fourth-order valence-corrected chi connectivity index (χ4v) is 1.77. The topological polar surface area (TPSA) is 29.5 Å². The van der Waals surface area contributed by atoms with Crippen LogP contribution in [0.15, 0.2) is 12.2 Å². The van der Waals surface area contributed by atoms with Crippen LogP contribution in [0.3, 0.4) is 0 Å². The molecule has 2 aliphatic rings. The van der Waals surface area contributed by atoms with Gasteiger partial charge in [0.15, 0.2) is 0 Å². The lowest BCUT2D eigenvalue weighted by molar-refractivity contribution is -0.128. The van der Waals surface area contributed by atoms with Crippen LogP contribution in [0.4, 0.5) is 0 Å². The van der Waals surface area contributed by atoms with E-state index in [1.165, 1.54) is 0 Å². The molecule has 11 heavy (non-hydrogen) atoms. The fourth-order valence-electron chi connectivity index (χ4n) is 1.77. The Kier molecular flexibility index (Phi) is 1.38. The molecule has 0 spiro atoms. The van der Waals surface area contributed by atoms with Gasteiger partial charge in [0.1, 0.15) is 0 Å². The predicted octanol–water partition coefficient (Wildman–Crippen LogP) is 1.10. The fraction of sp³-hybridized carbons (Fsp3) is 0.778. The Morgan fingerprint density at radius 3 is 2.91 bits per heavy atom. The van der Waals surface area contributed by atoms with Crippen LogP contribution < -0.4 is 0 Å². The molecule has 1 fully saturated rings. The van der Waals surface area contributed by atoms with Crippen LogP contribution in [0, 0.1) is 5.41 Å². The van der Waals surface area contributed by atoms with E-state index in [2.05, 4.69) is 12.2 Å². The van der Waals surface area contributed by atoms with Crippen LogP contribution in [0.2, 0.25) is 0 Å². The van der Waals surface area contributed by atoms with Crippen LogP contribution in [0.25, 0.3) is 0 Å². The van der Waals surface area contributed by atoms with Crippen molar-refractivity contribution in [2.24, 2.45) is 5.41 Å². The molecule has 0 aromatic rings. The number of rotatable bonds is 0. The maximum absolute atomic E-state index is 9.70. The van der Waals surface area contributed by atoms with Gasteiger partial charge in [-0.2, -0.15) is 0 Å².